The molecule has 0 aromatic heterocycles. The fraction of sp³-hybridized carbons (Fsp3) is 0.562. The molecule has 0 bridgehead atoms. The van der Waals surface area contributed by atoms with Crippen LogP contribution >= 0.6 is 0 Å². The van der Waals surface area contributed by atoms with Crippen LogP contribution in [-0.4, -0.2) is 30.8 Å². The number of hydrogen-bond acceptors (Lipinski definition) is 3. The van der Waals surface area contributed by atoms with E-state index in [2.05, 4.69) is 10.6 Å². The zero-order valence-electron chi connectivity index (χ0n) is 13.2. The molecule has 0 saturated carbocycles. The summed E-state index contributed by atoms with van der Waals surface area (Å²) in [6.45, 7) is 8.74. The second-order valence-corrected chi connectivity index (χ2v) is 6.11. The van der Waals surface area contributed by atoms with Crippen LogP contribution in [0.1, 0.15) is 33.3 Å². The summed E-state index contributed by atoms with van der Waals surface area (Å²) < 4.78 is 17.9. The van der Waals surface area contributed by atoms with E-state index in [-0.39, 0.29) is 11.9 Å². The number of alkyl carbamates (subject to hydrolysis) is 1. The lowest BCUT2D eigenvalue weighted by Gasteiger charge is -2.21. The highest BCUT2D eigenvalue weighted by atomic mass is 19.1. The highest BCUT2D eigenvalue weighted by Crippen LogP contribution is 2.06. The maximum absolute atomic E-state index is 12.8. The highest BCUT2D eigenvalue weighted by molar-refractivity contribution is 5.67. The number of ether oxygens (including phenoxy) is 1. The van der Waals surface area contributed by atoms with E-state index in [9.17, 15) is 9.18 Å². The number of halogens is 1. The van der Waals surface area contributed by atoms with Crippen LogP contribution in [0.3, 0.4) is 0 Å². The maximum Gasteiger partial charge on any atom is 0.407 e. The number of benzene rings is 1. The van der Waals surface area contributed by atoms with Crippen LogP contribution in [0.15, 0.2) is 24.3 Å². The predicted molar refractivity (Wildman–Crippen MR) is 81.8 cm³/mol. The SMILES string of the molecule is CC(CNC(=O)OC(C)(C)C)NCCc1ccc(F)cc1. The van der Waals surface area contributed by atoms with E-state index >= 15 is 0 Å². The van der Waals surface area contributed by atoms with Gasteiger partial charge in [0, 0.05) is 12.6 Å². The van der Waals surface area contributed by atoms with Crippen LogP contribution in [0, 0.1) is 5.82 Å². The molecule has 1 aromatic rings. The number of rotatable bonds is 6. The molecule has 0 aliphatic rings. The van der Waals surface area contributed by atoms with Gasteiger partial charge in [0.2, 0.25) is 0 Å². The summed E-state index contributed by atoms with van der Waals surface area (Å²) in [6.07, 6.45) is 0.409. The fourth-order valence-corrected chi connectivity index (χ4v) is 1.74. The van der Waals surface area contributed by atoms with Gasteiger partial charge in [-0.05, 0) is 58.4 Å². The van der Waals surface area contributed by atoms with E-state index in [0.717, 1.165) is 18.5 Å². The van der Waals surface area contributed by atoms with E-state index in [1.54, 1.807) is 12.1 Å². The first-order valence-corrected chi connectivity index (χ1v) is 7.21. The van der Waals surface area contributed by atoms with Crippen LogP contribution in [-0.2, 0) is 11.2 Å². The summed E-state index contributed by atoms with van der Waals surface area (Å²) in [7, 11) is 0. The molecule has 4 nitrogen and oxygen atoms in total. The van der Waals surface area contributed by atoms with Crippen molar-refractivity contribution >= 4 is 6.09 Å². The average molecular weight is 296 g/mol. The molecule has 0 aliphatic carbocycles. The summed E-state index contributed by atoms with van der Waals surface area (Å²) >= 11 is 0. The monoisotopic (exact) mass is 296 g/mol. The minimum atomic E-state index is -0.483. The van der Waals surface area contributed by atoms with Crippen molar-refractivity contribution < 1.29 is 13.9 Å². The van der Waals surface area contributed by atoms with Crippen LogP contribution in [0.25, 0.3) is 0 Å². The zero-order chi connectivity index (χ0) is 15.9. The lowest BCUT2D eigenvalue weighted by molar-refractivity contribution is 0.0523. The Morgan fingerprint density at radius 2 is 1.90 bits per heavy atom. The van der Waals surface area contributed by atoms with E-state index in [1.165, 1.54) is 12.1 Å². The first kappa shape index (κ1) is 17.4. The molecule has 0 fully saturated rings. The minimum Gasteiger partial charge on any atom is -0.444 e. The first-order chi connectivity index (χ1) is 9.76. The lowest BCUT2D eigenvalue weighted by Crippen LogP contribution is -2.41. The van der Waals surface area contributed by atoms with Crippen molar-refractivity contribution in [1.82, 2.24) is 10.6 Å². The van der Waals surface area contributed by atoms with Crippen molar-refractivity contribution in [3.05, 3.63) is 35.6 Å². The largest absolute Gasteiger partial charge is 0.444 e. The van der Waals surface area contributed by atoms with Gasteiger partial charge in [0.25, 0.3) is 0 Å². The number of nitrogens with one attached hydrogen (secondary N) is 2. The Kier molecular flexibility index (Phi) is 6.62. The number of carbonyl (C=O) groups is 1. The molecule has 0 saturated heterocycles. The quantitative estimate of drug-likeness (QED) is 0.848. The highest BCUT2D eigenvalue weighted by Gasteiger charge is 2.16. The third kappa shape index (κ3) is 8.30. The second-order valence-electron chi connectivity index (χ2n) is 6.11. The Bertz CT molecular complexity index is 441. The van der Waals surface area contributed by atoms with E-state index < -0.39 is 11.7 Å². The third-order valence-electron chi connectivity index (χ3n) is 2.77. The molecule has 5 heteroatoms. The van der Waals surface area contributed by atoms with Crippen LogP contribution < -0.4 is 10.6 Å². The molecule has 0 aliphatic heterocycles. The van der Waals surface area contributed by atoms with Gasteiger partial charge in [0.1, 0.15) is 11.4 Å². The van der Waals surface area contributed by atoms with Crippen LogP contribution in [0.2, 0.25) is 0 Å². The summed E-state index contributed by atoms with van der Waals surface area (Å²) in [5.41, 5.74) is 0.597. The van der Waals surface area contributed by atoms with Crippen molar-refractivity contribution in [2.24, 2.45) is 0 Å². The molecule has 1 amide bonds. The van der Waals surface area contributed by atoms with Gasteiger partial charge in [-0.3, -0.25) is 0 Å². The summed E-state index contributed by atoms with van der Waals surface area (Å²) in [6, 6.07) is 6.62. The van der Waals surface area contributed by atoms with Crippen molar-refractivity contribution in [2.45, 2.75) is 45.8 Å². The molecule has 1 unspecified atom stereocenters. The molecule has 2 N–H and O–H groups in total. The zero-order valence-corrected chi connectivity index (χ0v) is 13.2. The normalized spacial score (nSPS) is 12.8. The predicted octanol–water partition coefficient (Wildman–Crippen LogP) is 2.87. The standard InChI is InChI=1S/C16H25FN2O2/c1-12(11-19-15(20)21-16(2,3)4)18-10-9-13-5-7-14(17)8-6-13/h5-8,12,18H,9-11H2,1-4H3,(H,19,20). The summed E-state index contributed by atoms with van der Waals surface area (Å²) in [5.74, 6) is -0.221. The van der Waals surface area contributed by atoms with Gasteiger partial charge in [-0.2, -0.15) is 0 Å². The number of amides is 1. The Hall–Kier alpha value is -1.62. The van der Waals surface area contributed by atoms with E-state index in [0.29, 0.717) is 6.54 Å². The maximum atomic E-state index is 12.8. The molecular weight excluding hydrogens is 271 g/mol. The molecule has 118 valence electrons. The Morgan fingerprint density at radius 3 is 2.48 bits per heavy atom. The molecule has 21 heavy (non-hydrogen) atoms. The molecule has 0 spiro atoms. The topological polar surface area (TPSA) is 50.4 Å². The number of hydrogen-bond donors (Lipinski definition) is 2. The molecule has 1 atom stereocenters. The minimum absolute atomic E-state index is 0.137. The molecular formula is C16H25FN2O2. The smallest absolute Gasteiger partial charge is 0.407 e. The van der Waals surface area contributed by atoms with Gasteiger partial charge < -0.3 is 15.4 Å². The Balaban J connectivity index is 2.18. The fourth-order valence-electron chi connectivity index (χ4n) is 1.74. The van der Waals surface area contributed by atoms with Gasteiger partial charge >= 0.3 is 6.09 Å². The van der Waals surface area contributed by atoms with Gasteiger partial charge in [-0.25, -0.2) is 9.18 Å². The van der Waals surface area contributed by atoms with Crippen molar-refractivity contribution in [3.63, 3.8) is 0 Å². The second kappa shape index (κ2) is 7.98. The summed E-state index contributed by atoms with van der Waals surface area (Å²) in [5, 5.41) is 6.02. The molecule has 1 aromatic carbocycles. The average Bonchev–Trinajstić information content (AvgIpc) is 2.37. The van der Waals surface area contributed by atoms with E-state index in [4.69, 9.17) is 4.74 Å². The van der Waals surface area contributed by atoms with Crippen molar-refractivity contribution in [3.8, 4) is 0 Å². The number of carbonyl (C=O) groups excluding carboxylic acids is 1. The van der Waals surface area contributed by atoms with Crippen LogP contribution in [0.4, 0.5) is 9.18 Å². The van der Waals surface area contributed by atoms with Crippen molar-refractivity contribution in [2.75, 3.05) is 13.1 Å². The van der Waals surface area contributed by atoms with Crippen LogP contribution in [0.5, 0.6) is 0 Å². The van der Waals surface area contributed by atoms with Gasteiger partial charge in [0.15, 0.2) is 0 Å². The first-order valence-electron chi connectivity index (χ1n) is 7.21. The molecule has 0 heterocycles. The Morgan fingerprint density at radius 1 is 1.29 bits per heavy atom. The Labute approximate surface area is 126 Å². The van der Waals surface area contributed by atoms with Crippen molar-refractivity contribution in [1.29, 1.82) is 0 Å². The van der Waals surface area contributed by atoms with E-state index in [1.807, 2.05) is 27.7 Å². The lowest BCUT2D eigenvalue weighted by atomic mass is 10.1. The molecule has 0 radical (unpaired) electrons. The van der Waals surface area contributed by atoms with Gasteiger partial charge in [-0.15, -0.1) is 0 Å². The molecule has 1 rings (SSSR count). The van der Waals surface area contributed by atoms with Gasteiger partial charge in [-0.1, -0.05) is 12.1 Å². The third-order valence-corrected chi connectivity index (χ3v) is 2.77. The van der Waals surface area contributed by atoms with Gasteiger partial charge in [0.05, 0.1) is 0 Å². The summed E-state index contributed by atoms with van der Waals surface area (Å²) in [4.78, 5) is 11.5.